The van der Waals surface area contributed by atoms with E-state index in [0.29, 0.717) is 48.4 Å². The first-order chi connectivity index (χ1) is 21.7. The molecule has 3 fully saturated rings. The Morgan fingerprint density at radius 1 is 1.02 bits per heavy atom. The summed E-state index contributed by atoms with van der Waals surface area (Å²) >= 11 is 0. The van der Waals surface area contributed by atoms with Crippen LogP contribution in [-0.4, -0.2) is 74.7 Å². The van der Waals surface area contributed by atoms with E-state index < -0.39 is 0 Å². The summed E-state index contributed by atoms with van der Waals surface area (Å²) in [4.78, 5) is 30.3. The van der Waals surface area contributed by atoms with Crippen LogP contribution in [0.15, 0.2) is 54.6 Å². The molecule has 2 N–H and O–H groups in total. The van der Waals surface area contributed by atoms with Crippen molar-refractivity contribution >= 4 is 11.8 Å². The molecule has 2 aromatic carbocycles. The number of carbonyl (C=O) groups excluding carboxylic acids is 2. The summed E-state index contributed by atoms with van der Waals surface area (Å²) in [6, 6.07) is 17.5. The van der Waals surface area contributed by atoms with Gasteiger partial charge in [-0.3, -0.25) is 14.5 Å². The maximum absolute atomic E-state index is 13.4. The van der Waals surface area contributed by atoms with E-state index in [0.717, 1.165) is 67.7 Å². The highest BCUT2D eigenvalue weighted by molar-refractivity contribution is 5.95. The first-order valence-electron chi connectivity index (χ1n) is 16.5. The Hall–Kier alpha value is -3.82. The van der Waals surface area contributed by atoms with E-state index in [1.165, 1.54) is 0 Å². The molecule has 45 heavy (non-hydrogen) atoms. The van der Waals surface area contributed by atoms with Crippen molar-refractivity contribution in [2.45, 2.75) is 89.9 Å². The predicted molar refractivity (Wildman–Crippen MR) is 173 cm³/mol. The zero-order valence-corrected chi connectivity index (χ0v) is 26.6. The van der Waals surface area contributed by atoms with Gasteiger partial charge in [0.1, 0.15) is 11.5 Å². The van der Waals surface area contributed by atoms with Crippen molar-refractivity contribution in [3.05, 3.63) is 71.4 Å². The molecule has 6 rings (SSSR count). The zero-order valence-electron chi connectivity index (χ0n) is 26.6. The summed E-state index contributed by atoms with van der Waals surface area (Å²) in [6.07, 6.45) is 5.07. The Morgan fingerprint density at radius 3 is 2.42 bits per heavy atom. The minimum Gasteiger partial charge on any atom is -0.457 e. The molecule has 3 aliphatic rings. The van der Waals surface area contributed by atoms with E-state index in [2.05, 4.69) is 41.2 Å². The smallest absolute Gasteiger partial charge is 0.251 e. The number of carbonyl (C=O) groups is 2. The van der Waals surface area contributed by atoms with Gasteiger partial charge >= 0.3 is 0 Å². The molecule has 2 amide bonds. The number of aliphatic hydroxyl groups excluding tert-OH is 1. The van der Waals surface area contributed by atoms with Gasteiger partial charge in [-0.05, 0) is 92.5 Å². The number of nitrogens with one attached hydrogen (secondary N) is 1. The van der Waals surface area contributed by atoms with Crippen LogP contribution in [0.5, 0.6) is 11.5 Å². The van der Waals surface area contributed by atoms with E-state index in [-0.39, 0.29) is 30.0 Å². The summed E-state index contributed by atoms with van der Waals surface area (Å²) in [5.41, 5.74) is 4.06. The topological polar surface area (TPSA) is 108 Å². The monoisotopic (exact) mass is 611 g/mol. The number of amides is 2. The highest BCUT2D eigenvalue weighted by Crippen LogP contribution is 2.32. The summed E-state index contributed by atoms with van der Waals surface area (Å²) < 4.78 is 6.40. The minimum absolute atomic E-state index is 0.0882. The summed E-state index contributed by atoms with van der Waals surface area (Å²) in [6.45, 7) is 9.18. The number of rotatable bonds is 9. The lowest BCUT2D eigenvalue weighted by molar-refractivity contribution is -0.128. The van der Waals surface area contributed by atoms with Crippen molar-refractivity contribution in [3.63, 3.8) is 0 Å². The van der Waals surface area contributed by atoms with Gasteiger partial charge in [0.25, 0.3) is 5.91 Å². The molecule has 2 aliphatic heterocycles. The van der Waals surface area contributed by atoms with Gasteiger partial charge in [0.05, 0.1) is 17.5 Å². The van der Waals surface area contributed by atoms with E-state index in [4.69, 9.17) is 4.74 Å². The molecule has 0 radical (unpaired) electrons. The van der Waals surface area contributed by atoms with Crippen LogP contribution in [0.3, 0.4) is 0 Å². The Labute approximate surface area is 266 Å². The normalized spacial score (nSPS) is 22.7. The van der Waals surface area contributed by atoms with Crippen LogP contribution in [-0.2, 0) is 11.3 Å². The Kier molecular flexibility index (Phi) is 9.47. The maximum Gasteiger partial charge on any atom is 0.251 e. The van der Waals surface area contributed by atoms with Gasteiger partial charge in [0.15, 0.2) is 0 Å². The van der Waals surface area contributed by atoms with Gasteiger partial charge < -0.3 is 20.1 Å². The minimum atomic E-state index is -0.228. The average Bonchev–Trinajstić information content (AvgIpc) is 3.61. The molecule has 9 heteroatoms. The van der Waals surface area contributed by atoms with Crippen molar-refractivity contribution in [1.29, 1.82) is 0 Å². The molecule has 3 heterocycles. The zero-order chi connectivity index (χ0) is 31.5. The van der Waals surface area contributed by atoms with Crippen molar-refractivity contribution in [1.82, 2.24) is 25.3 Å². The number of likely N-dealkylation sites (tertiary alicyclic amines) is 2. The third-order valence-electron chi connectivity index (χ3n) is 9.53. The van der Waals surface area contributed by atoms with Crippen LogP contribution < -0.4 is 10.1 Å². The van der Waals surface area contributed by atoms with Crippen molar-refractivity contribution in [3.8, 4) is 22.8 Å². The van der Waals surface area contributed by atoms with Crippen LogP contribution in [0, 0.1) is 5.92 Å². The standard InChI is InChI=1S/C36H45N5O4/c1-23(2)30-13-14-31(39-38-30)25-9-11-29(12-10-25)45-34-20-26(7-8-27(34)22-41-21-24(3)19-35(41)43)36(44)37-28-15-17-40(18-16-28)32-5-4-6-33(32)42/h7-14,20,23-24,28,32-33,42H,4-6,15-19,21-22H2,1-3H3,(H,37,44). The molecule has 3 unspecified atom stereocenters. The summed E-state index contributed by atoms with van der Waals surface area (Å²) in [5.74, 6) is 1.84. The second-order valence-corrected chi connectivity index (χ2v) is 13.4. The average molecular weight is 612 g/mol. The number of aromatic nitrogens is 2. The van der Waals surface area contributed by atoms with Crippen LogP contribution >= 0.6 is 0 Å². The molecule has 9 nitrogen and oxygen atoms in total. The summed E-state index contributed by atoms with van der Waals surface area (Å²) in [5, 5.41) is 22.3. The molecular formula is C36H45N5O4. The third-order valence-corrected chi connectivity index (χ3v) is 9.53. The second-order valence-electron chi connectivity index (χ2n) is 13.4. The van der Waals surface area contributed by atoms with Crippen LogP contribution in [0.1, 0.15) is 86.8 Å². The molecule has 238 valence electrons. The Balaban J connectivity index is 1.16. The van der Waals surface area contributed by atoms with E-state index >= 15 is 0 Å². The molecule has 0 bridgehead atoms. The van der Waals surface area contributed by atoms with Gasteiger partial charge in [-0.1, -0.05) is 26.8 Å². The van der Waals surface area contributed by atoms with Crippen LogP contribution in [0.4, 0.5) is 0 Å². The molecule has 3 atom stereocenters. The number of piperidine rings is 1. The van der Waals surface area contributed by atoms with Crippen LogP contribution in [0.2, 0.25) is 0 Å². The number of nitrogens with zero attached hydrogens (tertiary/aromatic N) is 4. The number of ether oxygens (including phenoxy) is 1. The fourth-order valence-corrected chi connectivity index (χ4v) is 6.87. The Bertz CT molecular complexity index is 1480. The number of aliphatic hydroxyl groups is 1. The fourth-order valence-electron chi connectivity index (χ4n) is 6.87. The van der Waals surface area contributed by atoms with E-state index in [9.17, 15) is 14.7 Å². The molecule has 2 saturated heterocycles. The maximum atomic E-state index is 13.4. The number of benzene rings is 2. The fraction of sp³-hybridized carbons (Fsp3) is 0.500. The summed E-state index contributed by atoms with van der Waals surface area (Å²) in [7, 11) is 0. The van der Waals surface area contributed by atoms with Crippen molar-refractivity contribution in [2.75, 3.05) is 19.6 Å². The predicted octanol–water partition coefficient (Wildman–Crippen LogP) is 5.54. The van der Waals surface area contributed by atoms with Crippen molar-refractivity contribution in [2.24, 2.45) is 5.92 Å². The molecule has 1 aliphatic carbocycles. The van der Waals surface area contributed by atoms with Crippen molar-refractivity contribution < 1.29 is 19.4 Å². The van der Waals surface area contributed by atoms with Gasteiger partial charge in [-0.15, -0.1) is 0 Å². The lowest BCUT2D eigenvalue weighted by Gasteiger charge is -2.37. The molecular weight excluding hydrogens is 566 g/mol. The Morgan fingerprint density at radius 2 is 1.80 bits per heavy atom. The molecule has 3 aromatic rings. The quantitative estimate of drug-likeness (QED) is 0.327. The lowest BCUT2D eigenvalue weighted by Crippen LogP contribution is -2.49. The first-order valence-corrected chi connectivity index (χ1v) is 16.5. The van der Waals surface area contributed by atoms with Gasteiger partial charge in [0, 0.05) is 61.4 Å². The first kappa shape index (κ1) is 31.2. The second kappa shape index (κ2) is 13.7. The van der Waals surface area contributed by atoms with E-state index in [1.807, 2.05) is 53.4 Å². The van der Waals surface area contributed by atoms with Gasteiger partial charge in [0.2, 0.25) is 5.91 Å². The van der Waals surface area contributed by atoms with E-state index in [1.54, 1.807) is 6.07 Å². The molecule has 1 saturated carbocycles. The van der Waals surface area contributed by atoms with Gasteiger partial charge in [-0.2, -0.15) is 10.2 Å². The highest BCUT2D eigenvalue weighted by Gasteiger charge is 2.33. The SMILES string of the molecule is CC1CC(=O)N(Cc2ccc(C(=O)NC3CCN(C4CCCC4O)CC3)cc2Oc2ccc(-c3ccc(C(C)C)nn3)cc2)C1. The molecule has 1 aromatic heterocycles. The van der Waals surface area contributed by atoms with Crippen LogP contribution in [0.25, 0.3) is 11.3 Å². The lowest BCUT2D eigenvalue weighted by atomic mass is 10.0. The third kappa shape index (κ3) is 7.36. The van der Waals surface area contributed by atoms with Gasteiger partial charge in [-0.25, -0.2) is 0 Å². The number of hydrogen-bond donors (Lipinski definition) is 2. The number of hydrogen-bond acceptors (Lipinski definition) is 7. The molecule has 0 spiro atoms. The highest BCUT2D eigenvalue weighted by atomic mass is 16.5. The largest absolute Gasteiger partial charge is 0.457 e.